The third-order valence-corrected chi connectivity index (χ3v) is 3.25. The highest BCUT2D eigenvalue weighted by molar-refractivity contribution is 4.84. The monoisotopic (exact) mass is 172 g/mol. The van der Waals surface area contributed by atoms with Crippen LogP contribution >= 0.6 is 0 Å². The summed E-state index contributed by atoms with van der Waals surface area (Å²) in [6.45, 7) is 8.71. The molecule has 0 aliphatic carbocycles. The van der Waals surface area contributed by atoms with Gasteiger partial charge in [-0.05, 0) is 25.7 Å². The summed E-state index contributed by atoms with van der Waals surface area (Å²) < 4.78 is 11.2. The molecule has 2 nitrogen and oxygen atoms in total. The molecular formula is C10H20O2. The second-order valence-corrected chi connectivity index (χ2v) is 3.96. The third kappa shape index (κ3) is 1.64. The van der Waals surface area contributed by atoms with Crippen molar-refractivity contribution in [1.82, 2.24) is 0 Å². The lowest BCUT2D eigenvalue weighted by molar-refractivity contribution is -0.165. The minimum Gasteiger partial charge on any atom is -0.378 e. The Labute approximate surface area is 75.2 Å². The molecule has 0 aromatic rings. The summed E-state index contributed by atoms with van der Waals surface area (Å²) in [7, 11) is 1.77. The highest BCUT2D eigenvalue weighted by Gasteiger charge is 2.37. The Balaban J connectivity index is 2.65. The first-order valence-electron chi connectivity index (χ1n) is 4.76. The van der Waals surface area contributed by atoms with E-state index in [4.69, 9.17) is 9.47 Å². The first kappa shape index (κ1) is 10.0. The maximum absolute atomic E-state index is 5.75. The predicted molar refractivity (Wildman–Crippen MR) is 49.1 cm³/mol. The van der Waals surface area contributed by atoms with E-state index >= 15 is 0 Å². The van der Waals surface area contributed by atoms with Crippen LogP contribution in [-0.4, -0.2) is 25.4 Å². The molecule has 0 amide bonds. The number of rotatable bonds is 1. The summed E-state index contributed by atoms with van der Waals surface area (Å²) in [6, 6.07) is 0. The highest BCUT2D eigenvalue weighted by Crippen LogP contribution is 2.31. The van der Waals surface area contributed by atoms with Crippen molar-refractivity contribution in [2.75, 3.05) is 7.11 Å². The van der Waals surface area contributed by atoms with Crippen LogP contribution in [0.5, 0.6) is 0 Å². The lowest BCUT2D eigenvalue weighted by atomic mass is 9.82. The Kier molecular flexibility index (Phi) is 3.13. The molecule has 0 radical (unpaired) electrons. The van der Waals surface area contributed by atoms with Gasteiger partial charge in [0.2, 0.25) is 0 Å². The van der Waals surface area contributed by atoms with E-state index < -0.39 is 0 Å². The van der Waals surface area contributed by atoms with Crippen molar-refractivity contribution >= 4 is 0 Å². The van der Waals surface area contributed by atoms with Crippen molar-refractivity contribution < 1.29 is 9.47 Å². The molecule has 1 saturated heterocycles. The van der Waals surface area contributed by atoms with E-state index in [9.17, 15) is 0 Å². The molecule has 0 aromatic carbocycles. The van der Waals surface area contributed by atoms with Gasteiger partial charge in [-0.15, -0.1) is 0 Å². The lowest BCUT2D eigenvalue weighted by Gasteiger charge is -2.41. The summed E-state index contributed by atoms with van der Waals surface area (Å²) in [5, 5.41) is 0. The van der Waals surface area contributed by atoms with E-state index in [1.807, 2.05) is 0 Å². The number of ether oxygens (including phenoxy) is 2. The molecule has 12 heavy (non-hydrogen) atoms. The van der Waals surface area contributed by atoms with Crippen LogP contribution < -0.4 is 0 Å². The fraction of sp³-hybridized carbons (Fsp3) is 1.00. The van der Waals surface area contributed by atoms with E-state index in [1.54, 1.807) is 7.11 Å². The zero-order chi connectivity index (χ0) is 9.30. The quantitative estimate of drug-likeness (QED) is 0.603. The third-order valence-electron chi connectivity index (χ3n) is 3.25. The van der Waals surface area contributed by atoms with Crippen LogP contribution in [-0.2, 0) is 9.47 Å². The molecule has 1 rings (SSSR count). The van der Waals surface area contributed by atoms with Crippen LogP contribution in [0.3, 0.4) is 0 Å². The largest absolute Gasteiger partial charge is 0.378 e. The molecule has 1 aliphatic rings. The van der Waals surface area contributed by atoms with E-state index in [1.165, 1.54) is 0 Å². The second kappa shape index (κ2) is 3.75. The first-order chi connectivity index (χ1) is 5.57. The van der Waals surface area contributed by atoms with Crippen LogP contribution in [0, 0.1) is 11.8 Å². The van der Waals surface area contributed by atoms with Crippen LogP contribution in [0.1, 0.15) is 27.7 Å². The molecule has 0 saturated carbocycles. The number of hydrogen-bond acceptors (Lipinski definition) is 2. The summed E-state index contributed by atoms with van der Waals surface area (Å²) in [6.07, 6.45) is 0.855. The summed E-state index contributed by atoms with van der Waals surface area (Å²) >= 11 is 0. The van der Waals surface area contributed by atoms with Crippen molar-refractivity contribution in [3.05, 3.63) is 0 Å². The fourth-order valence-electron chi connectivity index (χ4n) is 2.10. The maximum atomic E-state index is 5.75. The fourth-order valence-corrected chi connectivity index (χ4v) is 2.10. The Morgan fingerprint density at radius 2 is 1.50 bits per heavy atom. The van der Waals surface area contributed by atoms with Gasteiger partial charge in [0.15, 0.2) is 0 Å². The number of methoxy groups -OCH3 is 1. The van der Waals surface area contributed by atoms with Gasteiger partial charge in [0.25, 0.3) is 0 Å². The Bertz CT molecular complexity index is 147. The zero-order valence-electron chi connectivity index (χ0n) is 8.70. The van der Waals surface area contributed by atoms with Crippen molar-refractivity contribution in [2.24, 2.45) is 11.8 Å². The average molecular weight is 172 g/mol. The van der Waals surface area contributed by atoms with E-state index in [0.717, 1.165) is 0 Å². The van der Waals surface area contributed by atoms with Crippen molar-refractivity contribution in [3.8, 4) is 0 Å². The molecule has 1 aliphatic heterocycles. The van der Waals surface area contributed by atoms with Crippen molar-refractivity contribution in [3.63, 3.8) is 0 Å². The topological polar surface area (TPSA) is 18.5 Å². The normalized spacial score (nSPS) is 49.2. The molecule has 0 bridgehead atoms. The number of hydrogen-bond donors (Lipinski definition) is 0. The Morgan fingerprint density at radius 3 is 2.00 bits per heavy atom. The van der Waals surface area contributed by atoms with Gasteiger partial charge in [-0.1, -0.05) is 13.8 Å². The van der Waals surface area contributed by atoms with Crippen molar-refractivity contribution in [2.45, 2.75) is 46.0 Å². The van der Waals surface area contributed by atoms with Crippen LogP contribution in [0.4, 0.5) is 0 Å². The minimum atomic E-state index is 0.233. The minimum absolute atomic E-state index is 0.233. The van der Waals surface area contributed by atoms with Crippen LogP contribution in [0.15, 0.2) is 0 Å². The summed E-state index contributed by atoms with van der Waals surface area (Å²) in [5.41, 5.74) is 0. The molecule has 0 spiro atoms. The molecule has 0 aromatic heterocycles. The standard InChI is InChI=1S/C10H20O2/c1-6-7(2)10(11-5)9(4)12-8(6)3/h6-10H,1-5H3/t6-,7?,8?,9+,10?/m1/s1. The van der Waals surface area contributed by atoms with Crippen LogP contribution in [0.25, 0.3) is 0 Å². The molecule has 72 valence electrons. The highest BCUT2D eigenvalue weighted by atomic mass is 16.5. The molecule has 2 heteroatoms. The summed E-state index contributed by atoms with van der Waals surface area (Å²) in [5.74, 6) is 1.18. The second-order valence-electron chi connectivity index (χ2n) is 3.96. The smallest absolute Gasteiger partial charge is 0.0859 e. The Morgan fingerprint density at radius 1 is 0.917 bits per heavy atom. The maximum Gasteiger partial charge on any atom is 0.0859 e. The first-order valence-corrected chi connectivity index (χ1v) is 4.76. The van der Waals surface area contributed by atoms with Gasteiger partial charge < -0.3 is 9.47 Å². The Hall–Kier alpha value is -0.0800. The molecule has 5 atom stereocenters. The van der Waals surface area contributed by atoms with Gasteiger partial charge in [0, 0.05) is 7.11 Å². The van der Waals surface area contributed by atoms with Gasteiger partial charge >= 0.3 is 0 Å². The van der Waals surface area contributed by atoms with Gasteiger partial charge in [-0.3, -0.25) is 0 Å². The summed E-state index contributed by atoms with van der Waals surface area (Å²) in [4.78, 5) is 0. The molecular weight excluding hydrogens is 152 g/mol. The molecule has 1 fully saturated rings. The van der Waals surface area contributed by atoms with E-state index in [0.29, 0.717) is 17.9 Å². The van der Waals surface area contributed by atoms with E-state index in [2.05, 4.69) is 27.7 Å². The molecule has 1 heterocycles. The van der Waals surface area contributed by atoms with Gasteiger partial charge in [-0.2, -0.15) is 0 Å². The van der Waals surface area contributed by atoms with Gasteiger partial charge in [0.1, 0.15) is 0 Å². The van der Waals surface area contributed by atoms with Gasteiger partial charge in [0.05, 0.1) is 18.3 Å². The van der Waals surface area contributed by atoms with Crippen molar-refractivity contribution in [1.29, 1.82) is 0 Å². The van der Waals surface area contributed by atoms with Gasteiger partial charge in [-0.25, -0.2) is 0 Å². The van der Waals surface area contributed by atoms with E-state index in [-0.39, 0.29) is 12.2 Å². The molecule has 3 unspecified atom stereocenters. The SMILES string of the molecule is COC1C(C)[C@@H](C)C(C)O[C@H]1C. The van der Waals surface area contributed by atoms with Crippen LogP contribution in [0.2, 0.25) is 0 Å². The average Bonchev–Trinajstić information content (AvgIpc) is 2.01. The predicted octanol–water partition coefficient (Wildman–Crippen LogP) is 2.08. The molecule has 0 N–H and O–H groups in total. The zero-order valence-corrected chi connectivity index (χ0v) is 8.70. The lowest BCUT2D eigenvalue weighted by Crippen LogP contribution is -2.47.